The Morgan fingerprint density at radius 1 is 0.636 bits per heavy atom. The molecule has 0 heterocycles. The van der Waals surface area contributed by atoms with E-state index >= 15 is 0 Å². The number of hydrogen-bond donors (Lipinski definition) is 1. The highest BCUT2D eigenvalue weighted by molar-refractivity contribution is 5.99. The summed E-state index contributed by atoms with van der Waals surface area (Å²) < 4.78 is 22.3. The zero-order chi connectivity index (χ0) is 41.7. The maximum Gasteiger partial charge on any atom is 0.597 e. The molecule has 0 aliphatic heterocycles. The van der Waals surface area contributed by atoms with Gasteiger partial charge in [-0.1, -0.05) is 102 Å². The fraction of sp³-hybridized carbons (Fsp3) is 0.512. The van der Waals surface area contributed by atoms with Gasteiger partial charge < -0.3 is 24.3 Å². The summed E-state index contributed by atoms with van der Waals surface area (Å²) in [5, 5.41) is 2.55. The van der Waals surface area contributed by atoms with E-state index in [0.717, 1.165) is 15.7 Å². The SMILES string of the molecule is C=[N+](C(=O)OC(C)(C)C)C(C(=O)OCC(=O)c1ccc(C2C#CC2c2ccc(C(=O)COC(=O)C(NC(=O)OC(C)(C)C)C(C)(C)C)cc2)cc1)C(C)(C)C. The molecule has 2 aromatic carbocycles. The molecule has 1 N–H and O–H groups in total. The number of ketones is 2. The van der Waals surface area contributed by atoms with Gasteiger partial charge in [-0.25, -0.2) is 14.4 Å². The summed E-state index contributed by atoms with van der Waals surface area (Å²) >= 11 is 0. The summed E-state index contributed by atoms with van der Waals surface area (Å²) in [5.41, 5.74) is -0.557. The van der Waals surface area contributed by atoms with Crippen LogP contribution in [0.4, 0.5) is 9.59 Å². The number of esters is 2. The number of amides is 2. The van der Waals surface area contributed by atoms with Gasteiger partial charge in [0, 0.05) is 16.5 Å². The van der Waals surface area contributed by atoms with Crippen LogP contribution < -0.4 is 5.32 Å². The van der Waals surface area contributed by atoms with Crippen molar-refractivity contribution in [2.45, 2.75) is 118 Å². The lowest BCUT2D eigenvalue weighted by Crippen LogP contribution is -2.51. The van der Waals surface area contributed by atoms with Gasteiger partial charge in [0.1, 0.15) is 24.0 Å². The average Bonchev–Trinajstić information content (AvgIpc) is 3.02. The van der Waals surface area contributed by atoms with Crippen LogP contribution in [0.5, 0.6) is 0 Å². The van der Waals surface area contributed by atoms with Crippen LogP contribution >= 0.6 is 0 Å². The summed E-state index contributed by atoms with van der Waals surface area (Å²) in [7, 11) is 0. The minimum Gasteiger partial charge on any atom is -0.456 e. The minimum atomic E-state index is -1.10. The Morgan fingerprint density at radius 2 is 1.04 bits per heavy atom. The van der Waals surface area contributed by atoms with Crippen molar-refractivity contribution in [1.82, 2.24) is 5.32 Å². The van der Waals surface area contributed by atoms with Gasteiger partial charge in [-0.15, -0.1) is 4.58 Å². The summed E-state index contributed by atoms with van der Waals surface area (Å²) in [5.74, 6) is 3.66. The Hall–Kier alpha value is -5.31. The van der Waals surface area contributed by atoms with Crippen LogP contribution in [-0.4, -0.2) is 83.5 Å². The highest BCUT2D eigenvalue weighted by atomic mass is 16.6. The molecule has 0 saturated carbocycles. The first-order valence-corrected chi connectivity index (χ1v) is 18.1. The van der Waals surface area contributed by atoms with Crippen molar-refractivity contribution < 1.29 is 52.3 Å². The molecular weight excluding hydrogens is 704 g/mol. The molecule has 1 aliphatic rings. The van der Waals surface area contributed by atoms with E-state index in [1.807, 2.05) is 0 Å². The molecule has 3 rings (SSSR count). The third-order valence-electron chi connectivity index (χ3n) is 8.35. The van der Waals surface area contributed by atoms with E-state index in [-0.39, 0.29) is 11.8 Å². The van der Waals surface area contributed by atoms with Crippen molar-refractivity contribution in [1.29, 1.82) is 0 Å². The molecule has 0 fully saturated rings. The smallest absolute Gasteiger partial charge is 0.456 e. The Balaban J connectivity index is 1.58. The molecular formula is C43H55N2O10+. The highest BCUT2D eigenvalue weighted by Crippen LogP contribution is 2.38. The standard InChI is InChI=1S/C43H54N2O10/c1-40(2,3)34(44-38(50)54-42(7,8)9)36(48)52-24-32(46)28-18-14-26(15-19-28)30-22-23-31(30)27-16-20-29(21-17-27)33(47)25-53-37(49)35(41(4,5)6)45(13)39(51)55-43(10,11)12/h14-21,30-31,34-35H,13,24-25H2,1-12H3/p+1. The van der Waals surface area contributed by atoms with Crippen LogP contribution in [0.15, 0.2) is 48.5 Å². The molecule has 0 spiro atoms. The number of Topliss-reactive ketones (excluding diaryl/α,β-unsaturated/α-hetero) is 2. The average molecular weight is 760 g/mol. The van der Waals surface area contributed by atoms with Crippen molar-refractivity contribution in [2.75, 3.05) is 13.2 Å². The van der Waals surface area contributed by atoms with E-state index < -0.39 is 83.0 Å². The second-order valence-electron chi connectivity index (χ2n) is 17.7. The molecule has 4 atom stereocenters. The van der Waals surface area contributed by atoms with Crippen molar-refractivity contribution in [2.24, 2.45) is 10.8 Å². The quantitative estimate of drug-likeness (QED) is 0.0596. The Bertz CT molecular complexity index is 1860. The van der Waals surface area contributed by atoms with Gasteiger partial charge in [-0.2, -0.15) is 4.79 Å². The molecule has 55 heavy (non-hydrogen) atoms. The van der Waals surface area contributed by atoms with Crippen LogP contribution in [0.2, 0.25) is 0 Å². The summed E-state index contributed by atoms with van der Waals surface area (Å²) in [6.07, 6.45) is -1.55. The number of rotatable bonds is 12. The number of ether oxygens (including phenoxy) is 4. The van der Waals surface area contributed by atoms with Gasteiger partial charge in [0.25, 0.3) is 6.04 Å². The molecule has 0 radical (unpaired) electrons. The first-order valence-electron chi connectivity index (χ1n) is 18.1. The van der Waals surface area contributed by atoms with Crippen LogP contribution in [0.25, 0.3) is 0 Å². The third kappa shape index (κ3) is 12.6. The predicted octanol–water partition coefficient (Wildman–Crippen LogP) is 7.03. The third-order valence-corrected chi connectivity index (χ3v) is 8.35. The molecule has 1 aliphatic carbocycles. The normalized spacial score (nSPS) is 16.5. The lowest BCUT2D eigenvalue weighted by Gasteiger charge is -2.30. The molecule has 0 bridgehead atoms. The van der Waals surface area contributed by atoms with E-state index in [4.69, 9.17) is 18.9 Å². The van der Waals surface area contributed by atoms with Gasteiger partial charge >= 0.3 is 24.1 Å². The number of alkyl carbamates (subject to hydrolysis) is 1. The molecule has 296 valence electrons. The van der Waals surface area contributed by atoms with Gasteiger partial charge in [0.2, 0.25) is 0 Å². The molecule has 12 nitrogen and oxygen atoms in total. The summed E-state index contributed by atoms with van der Waals surface area (Å²) in [6.45, 7) is 23.5. The predicted molar refractivity (Wildman–Crippen MR) is 206 cm³/mol. The molecule has 4 unspecified atom stereocenters. The summed E-state index contributed by atoms with van der Waals surface area (Å²) in [6, 6.07) is 11.7. The number of carbonyl (C=O) groups excluding carboxylic acids is 6. The van der Waals surface area contributed by atoms with Gasteiger partial charge in [0.05, 0.1) is 11.8 Å². The van der Waals surface area contributed by atoms with Gasteiger partial charge in [-0.3, -0.25) is 9.59 Å². The van der Waals surface area contributed by atoms with Crippen LogP contribution in [0.3, 0.4) is 0 Å². The number of benzene rings is 2. The van der Waals surface area contributed by atoms with E-state index in [0.29, 0.717) is 11.1 Å². The van der Waals surface area contributed by atoms with Crippen LogP contribution in [-0.2, 0) is 28.5 Å². The lowest BCUT2D eigenvalue weighted by molar-refractivity contribution is -0.489. The molecule has 0 aromatic heterocycles. The highest BCUT2D eigenvalue weighted by Gasteiger charge is 2.46. The zero-order valence-corrected chi connectivity index (χ0v) is 34.1. The fourth-order valence-electron chi connectivity index (χ4n) is 5.59. The van der Waals surface area contributed by atoms with E-state index in [1.165, 1.54) is 0 Å². The van der Waals surface area contributed by atoms with Crippen molar-refractivity contribution in [3.63, 3.8) is 0 Å². The first-order chi connectivity index (χ1) is 25.2. The Kier molecular flexibility index (Phi) is 13.6. The molecule has 2 aromatic rings. The Labute approximate surface area is 324 Å². The van der Waals surface area contributed by atoms with Crippen molar-refractivity contribution >= 4 is 42.4 Å². The van der Waals surface area contributed by atoms with Crippen molar-refractivity contribution in [3.05, 3.63) is 70.8 Å². The number of nitrogens with one attached hydrogen (secondary N) is 1. The zero-order valence-electron chi connectivity index (χ0n) is 34.1. The Morgan fingerprint density at radius 3 is 1.38 bits per heavy atom. The molecule has 2 amide bonds. The number of hydrogen-bond acceptors (Lipinski definition) is 10. The topological polar surface area (TPSA) is 154 Å². The van der Waals surface area contributed by atoms with E-state index in [2.05, 4.69) is 23.9 Å². The van der Waals surface area contributed by atoms with E-state index in [1.54, 1.807) is 132 Å². The fourth-order valence-corrected chi connectivity index (χ4v) is 5.59. The van der Waals surface area contributed by atoms with Crippen LogP contribution in [0, 0.1) is 22.7 Å². The second kappa shape index (κ2) is 17.0. The monoisotopic (exact) mass is 759 g/mol. The number of nitrogens with zero attached hydrogens (tertiary/aromatic N) is 1. The van der Waals surface area contributed by atoms with Crippen LogP contribution in [0.1, 0.15) is 127 Å². The maximum atomic E-state index is 13.1. The first kappa shape index (κ1) is 44.1. The minimum absolute atomic E-state index is 0.152. The molecule has 0 saturated heterocycles. The second-order valence-corrected chi connectivity index (χ2v) is 17.7. The van der Waals surface area contributed by atoms with Gasteiger partial charge in [-0.05, 0) is 58.1 Å². The number of carbonyl (C=O) groups is 6. The largest absolute Gasteiger partial charge is 0.597 e. The van der Waals surface area contributed by atoms with Crippen molar-refractivity contribution in [3.8, 4) is 11.8 Å². The van der Waals surface area contributed by atoms with E-state index in [9.17, 15) is 28.8 Å². The van der Waals surface area contributed by atoms with Gasteiger partial charge in [0.15, 0.2) is 24.8 Å². The lowest BCUT2D eigenvalue weighted by atomic mass is 9.76. The maximum absolute atomic E-state index is 13.1. The summed E-state index contributed by atoms with van der Waals surface area (Å²) in [4.78, 5) is 76.9. The molecule has 12 heteroatoms.